The highest BCUT2D eigenvalue weighted by Gasteiger charge is 2.28. The first-order chi connectivity index (χ1) is 9.45. The van der Waals surface area contributed by atoms with Crippen LogP contribution in [0.4, 0.5) is 5.69 Å². The largest absolute Gasteiger partial charge is 0.411 e. The average molecular weight is 299 g/mol. The molecular formula is C11H13N3O5S. The average Bonchev–Trinajstić information content (AvgIpc) is 2.47. The van der Waals surface area contributed by atoms with E-state index in [9.17, 15) is 18.5 Å². The van der Waals surface area contributed by atoms with Gasteiger partial charge in [0, 0.05) is 38.1 Å². The van der Waals surface area contributed by atoms with Gasteiger partial charge in [0.15, 0.2) is 0 Å². The Balaban J connectivity index is 2.20. The van der Waals surface area contributed by atoms with Crippen molar-refractivity contribution in [3.63, 3.8) is 0 Å². The fourth-order valence-electron chi connectivity index (χ4n) is 1.97. The fourth-order valence-corrected chi connectivity index (χ4v) is 3.42. The molecule has 0 aromatic heterocycles. The van der Waals surface area contributed by atoms with Crippen LogP contribution in [0.5, 0.6) is 0 Å². The van der Waals surface area contributed by atoms with Crippen molar-refractivity contribution in [1.29, 1.82) is 0 Å². The van der Waals surface area contributed by atoms with Gasteiger partial charge in [-0.15, -0.1) is 0 Å². The predicted molar refractivity (Wildman–Crippen MR) is 70.3 cm³/mol. The zero-order valence-electron chi connectivity index (χ0n) is 10.5. The second kappa shape index (κ2) is 5.55. The second-order valence-corrected chi connectivity index (χ2v) is 6.26. The zero-order valence-corrected chi connectivity index (χ0v) is 11.3. The van der Waals surface area contributed by atoms with Gasteiger partial charge in [0.1, 0.15) is 0 Å². The Bertz CT molecular complexity index is 629. The third-order valence-electron chi connectivity index (χ3n) is 3.13. The number of non-ortho nitro benzene ring substituents is 1. The van der Waals surface area contributed by atoms with Gasteiger partial charge >= 0.3 is 0 Å². The molecule has 1 aromatic rings. The van der Waals surface area contributed by atoms with Gasteiger partial charge in [-0.05, 0) is 12.1 Å². The van der Waals surface area contributed by atoms with Gasteiger partial charge in [-0.1, -0.05) is 5.16 Å². The molecule has 0 aliphatic carbocycles. The summed E-state index contributed by atoms with van der Waals surface area (Å²) in [7, 11) is -3.66. The maximum atomic E-state index is 12.3. The van der Waals surface area contributed by atoms with Gasteiger partial charge in [0.2, 0.25) is 10.0 Å². The quantitative estimate of drug-likeness (QED) is 0.512. The molecular weight excluding hydrogens is 286 g/mol. The molecule has 0 saturated carbocycles. The van der Waals surface area contributed by atoms with Crippen molar-refractivity contribution in [2.45, 2.75) is 17.7 Å². The lowest BCUT2D eigenvalue weighted by molar-refractivity contribution is -0.384. The van der Waals surface area contributed by atoms with Crippen molar-refractivity contribution in [3.05, 3.63) is 34.4 Å². The molecule has 9 heteroatoms. The first-order valence-electron chi connectivity index (χ1n) is 5.89. The maximum absolute atomic E-state index is 12.3. The van der Waals surface area contributed by atoms with Crippen LogP contribution in [0.2, 0.25) is 0 Å². The molecule has 0 amide bonds. The molecule has 0 atom stereocenters. The molecule has 108 valence electrons. The Morgan fingerprint density at radius 2 is 1.75 bits per heavy atom. The summed E-state index contributed by atoms with van der Waals surface area (Å²) >= 11 is 0. The van der Waals surface area contributed by atoms with Crippen LogP contribution in [0.15, 0.2) is 34.3 Å². The van der Waals surface area contributed by atoms with E-state index in [1.807, 2.05) is 0 Å². The molecule has 0 unspecified atom stereocenters. The number of nitro groups is 1. The summed E-state index contributed by atoms with van der Waals surface area (Å²) in [4.78, 5) is 9.98. The van der Waals surface area contributed by atoms with Crippen molar-refractivity contribution in [1.82, 2.24) is 4.31 Å². The number of nitro benzene ring substituents is 1. The minimum absolute atomic E-state index is 0.0208. The van der Waals surface area contributed by atoms with Crippen molar-refractivity contribution in [2.75, 3.05) is 13.1 Å². The number of benzene rings is 1. The minimum Gasteiger partial charge on any atom is -0.411 e. The number of hydrogen-bond acceptors (Lipinski definition) is 6. The van der Waals surface area contributed by atoms with Crippen LogP contribution in [0.1, 0.15) is 12.8 Å². The van der Waals surface area contributed by atoms with Crippen LogP contribution in [-0.2, 0) is 10.0 Å². The van der Waals surface area contributed by atoms with Gasteiger partial charge in [0.05, 0.1) is 15.5 Å². The number of rotatable bonds is 3. The first-order valence-corrected chi connectivity index (χ1v) is 7.33. The molecule has 20 heavy (non-hydrogen) atoms. The molecule has 1 fully saturated rings. The molecule has 2 rings (SSSR count). The molecule has 0 spiro atoms. The van der Waals surface area contributed by atoms with Crippen molar-refractivity contribution >= 4 is 21.4 Å². The lowest BCUT2D eigenvalue weighted by atomic mass is 10.1. The van der Waals surface area contributed by atoms with Gasteiger partial charge in [-0.2, -0.15) is 4.31 Å². The maximum Gasteiger partial charge on any atom is 0.269 e. The number of sulfonamides is 1. The molecule has 0 bridgehead atoms. The molecule has 8 nitrogen and oxygen atoms in total. The van der Waals surface area contributed by atoms with Crippen molar-refractivity contribution < 1.29 is 18.5 Å². The summed E-state index contributed by atoms with van der Waals surface area (Å²) in [5, 5.41) is 22.3. The van der Waals surface area contributed by atoms with E-state index >= 15 is 0 Å². The van der Waals surface area contributed by atoms with Crippen molar-refractivity contribution in [3.8, 4) is 0 Å². The topological polar surface area (TPSA) is 113 Å². The van der Waals surface area contributed by atoms with Gasteiger partial charge in [0.25, 0.3) is 5.69 Å². The van der Waals surface area contributed by atoms with Gasteiger partial charge in [-0.25, -0.2) is 8.42 Å². The fraction of sp³-hybridized carbons (Fsp3) is 0.364. The van der Waals surface area contributed by atoms with E-state index < -0.39 is 14.9 Å². The molecule has 1 aliphatic heterocycles. The highest BCUT2D eigenvalue weighted by atomic mass is 32.2. The van der Waals surface area contributed by atoms with Gasteiger partial charge in [-0.3, -0.25) is 10.1 Å². The Hall–Kier alpha value is -2.00. The normalized spacial score (nSPS) is 16.9. The molecule has 1 saturated heterocycles. The first kappa shape index (κ1) is 14.4. The zero-order chi connectivity index (χ0) is 14.8. The second-order valence-electron chi connectivity index (χ2n) is 4.32. The van der Waals surface area contributed by atoms with E-state index in [0.717, 1.165) is 12.1 Å². The van der Waals surface area contributed by atoms with E-state index in [4.69, 9.17) is 5.21 Å². The lowest BCUT2D eigenvalue weighted by Gasteiger charge is -2.26. The molecule has 1 aliphatic rings. The van der Waals surface area contributed by atoms with Crippen LogP contribution >= 0.6 is 0 Å². The van der Waals surface area contributed by atoms with E-state index in [1.165, 1.54) is 16.4 Å². The smallest absolute Gasteiger partial charge is 0.269 e. The molecule has 1 heterocycles. The molecule has 1 aromatic carbocycles. The molecule has 0 radical (unpaired) electrons. The Morgan fingerprint density at radius 3 is 2.20 bits per heavy atom. The Kier molecular flexibility index (Phi) is 4.00. The SMILES string of the molecule is O=[N+]([O-])c1ccc(S(=O)(=O)N2CCC(=NO)CC2)cc1. The van der Waals surface area contributed by atoms with Crippen LogP contribution in [0.3, 0.4) is 0 Å². The highest BCUT2D eigenvalue weighted by molar-refractivity contribution is 7.89. The van der Waals surface area contributed by atoms with E-state index in [-0.39, 0.29) is 23.7 Å². The number of piperidine rings is 1. The Labute approximate surface area is 115 Å². The summed E-state index contributed by atoms with van der Waals surface area (Å²) in [5.74, 6) is 0. The predicted octanol–water partition coefficient (Wildman–Crippen LogP) is 1.21. The minimum atomic E-state index is -3.66. The number of hydrogen-bond donors (Lipinski definition) is 1. The van der Waals surface area contributed by atoms with Crippen LogP contribution in [-0.4, -0.2) is 41.7 Å². The summed E-state index contributed by atoms with van der Waals surface area (Å²) in [5.41, 5.74) is 0.414. The van der Waals surface area contributed by atoms with E-state index in [1.54, 1.807) is 0 Å². The monoisotopic (exact) mass is 299 g/mol. The van der Waals surface area contributed by atoms with Gasteiger partial charge < -0.3 is 5.21 Å². The summed E-state index contributed by atoms with van der Waals surface area (Å²) in [6.07, 6.45) is 0.755. The van der Waals surface area contributed by atoms with Crippen LogP contribution in [0.25, 0.3) is 0 Å². The number of oxime groups is 1. The summed E-state index contributed by atoms with van der Waals surface area (Å²) in [6, 6.07) is 4.78. The third-order valence-corrected chi connectivity index (χ3v) is 5.04. The van der Waals surface area contributed by atoms with E-state index in [0.29, 0.717) is 18.6 Å². The standard InChI is InChI=1S/C11H13N3O5S/c15-12-9-5-7-13(8-6-9)20(18,19)11-3-1-10(2-4-11)14(16)17/h1-4,15H,5-8H2. The van der Waals surface area contributed by atoms with Crippen LogP contribution < -0.4 is 0 Å². The summed E-state index contributed by atoms with van der Waals surface area (Å²) < 4.78 is 25.9. The van der Waals surface area contributed by atoms with Crippen LogP contribution in [0, 0.1) is 10.1 Å². The Morgan fingerprint density at radius 1 is 1.20 bits per heavy atom. The molecule has 1 N–H and O–H groups in total. The lowest BCUT2D eigenvalue weighted by Crippen LogP contribution is -2.38. The number of nitrogens with zero attached hydrogens (tertiary/aromatic N) is 3. The van der Waals surface area contributed by atoms with Crippen molar-refractivity contribution in [2.24, 2.45) is 5.16 Å². The van der Waals surface area contributed by atoms with E-state index in [2.05, 4.69) is 5.16 Å². The third kappa shape index (κ3) is 2.78. The highest BCUT2D eigenvalue weighted by Crippen LogP contribution is 2.22. The summed E-state index contributed by atoms with van der Waals surface area (Å²) in [6.45, 7) is 0.470.